The fourth-order valence-corrected chi connectivity index (χ4v) is 4.68. The van der Waals surface area contributed by atoms with Crippen molar-refractivity contribution in [2.45, 2.75) is 51.8 Å². The molecule has 0 aliphatic heterocycles. The van der Waals surface area contributed by atoms with Gasteiger partial charge in [0, 0.05) is 16.8 Å². The molecule has 0 fully saturated rings. The van der Waals surface area contributed by atoms with Gasteiger partial charge in [-0.05, 0) is 50.2 Å². The minimum absolute atomic E-state index is 0.0340. The molecule has 3 rings (SSSR count). The van der Waals surface area contributed by atoms with Gasteiger partial charge in [0.1, 0.15) is 10.7 Å². The van der Waals surface area contributed by atoms with E-state index in [2.05, 4.69) is 27.5 Å². The first-order valence-corrected chi connectivity index (χ1v) is 11.7. The Morgan fingerprint density at radius 1 is 1.26 bits per heavy atom. The molecule has 31 heavy (non-hydrogen) atoms. The lowest BCUT2D eigenvalue weighted by molar-refractivity contribution is 0.0921. The highest BCUT2D eigenvalue weighted by molar-refractivity contribution is 7.11. The molecular formula is C23H29ClN4O2S. The van der Waals surface area contributed by atoms with Crippen LogP contribution in [0.2, 0.25) is 5.02 Å². The third kappa shape index (κ3) is 5.74. The van der Waals surface area contributed by atoms with E-state index in [0.29, 0.717) is 10.7 Å². The van der Waals surface area contributed by atoms with Crippen LogP contribution in [-0.2, 0) is 6.61 Å². The van der Waals surface area contributed by atoms with Crippen molar-refractivity contribution in [2.75, 3.05) is 7.05 Å². The minimum atomic E-state index is -0.296. The van der Waals surface area contributed by atoms with Crippen LogP contribution >= 0.6 is 22.9 Å². The highest BCUT2D eigenvalue weighted by atomic mass is 35.5. The van der Waals surface area contributed by atoms with Crippen LogP contribution in [0.15, 0.2) is 36.4 Å². The highest BCUT2D eigenvalue weighted by Crippen LogP contribution is 2.28. The Bertz CT molecular complexity index is 999. The zero-order valence-electron chi connectivity index (χ0n) is 18.0. The zero-order chi connectivity index (χ0) is 22.4. The Kier molecular flexibility index (Phi) is 8.26. The Morgan fingerprint density at radius 3 is 2.61 bits per heavy atom. The third-order valence-electron chi connectivity index (χ3n) is 5.33. The Hall–Kier alpha value is -2.19. The molecular weight excluding hydrogens is 432 g/mol. The lowest BCUT2D eigenvalue weighted by Crippen LogP contribution is -2.42. The normalized spacial score (nSPS) is 13.2. The Labute approximate surface area is 192 Å². The summed E-state index contributed by atoms with van der Waals surface area (Å²) in [7, 11) is 1.90. The molecule has 0 aliphatic rings. The number of carbonyl (C=O) groups is 1. The third-order valence-corrected chi connectivity index (χ3v) is 6.81. The van der Waals surface area contributed by atoms with E-state index >= 15 is 0 Å². The Morgan fingerprint density at radius 2 is 2.00 bits per heavy atom. The van der Waals surface area contributed by atoms with Crippen LogP contribution in [-0.4, -0.2) is 34.1 Å². The molecule has 2 aromatic heterocycles. The van der Waals surface area contributed by atoms with Crippen LogP contribution in [0.5, 0.6) is 0 Å². The maximum Gasteiger partial charge on any atom is 0.268 e. The summed E-state index contributed by atoms with van der Waals surface area (Å²) in [6.07, 6.45) is 3.02. The second-order valence-electron chi connectivity index (χ2n) is 7.50. The molecule has 166 valence electrons. The van der Waals surface area contributed by atoms with Crippen LogP contribution in [0, 0.1) is 6.92 Å². The first kappa shape index (κ1) is 23.5. The fourth-order valence-electron chi connectivity index (χ4n) is 3.51. The predicted octanol–water partition coefficient (Wildman–Crippen LogP) is 4.84. The van der Waals surface area contributed by atoms with Crippen molar-refractivity contribution in [3.05, 3.63) is 62.7 Å². The summed E-state index contributed by atoms with van der Waals surface area (Å²) in [5.74, 6) is -0.194. The predicted molar refractivity (Wildman–Crippen MR) is 127 cm³/mol. The number of rotatable bonds is 10. The molecule has 1 amide bonds. The average Bonchev–Trinajstić information content (AvgIpc) is 3.40. The molecule has 8 heteroatoms. The molecule has 0 saturated carbocycles. The van der Waals surface area contributed by atoms with Gasteiger partial charge in [-0.3, -0.25) is 4.79 Å². The standard InChI is InChI=1S/C23H29ClN4O2S/c1-4-5-6-18(25-3)21(23-26-14(2)20(13-29)31-23)28-22(30)19-12-11-17(27-19)15-7-9-16(24)10-8-15/h7-12,18,21,25,27,29H,4-6,13H2,1-3H3,(H,28,30). The van der Waals surface area contributed by atoms with E-state index in [1.165, 1.54) is 11.3 Å². The van der Waals surface area contributed by atoms with Gasteiger partial charge < -0.3 is 20.7 Å². The molecule has 6 nitrogen and oxygen atoms in total. The molecule has 4 N–H and O–H groups in total. The van der Waals surface area contributed by atoms with Gasteiger partial charge in [-0.1, -0.05) is 43.5 Å². The molecule has 0 saturated heterocycles. The first-order valence-electron chi connectivity index (χ1n) is 10.5. The summed E-state index contributed by atoms with van der Waals surface area (Å²) < 4.78 is 0. The quantitative estimate of drug-likeness (QED) is 0.348. The number of halogens is 1. The van der Waals surface area contributed by atoms with Crippen molar-refractivity contribution in [3.63, 3.8) is 0 Å². The van der Waals surface area contributed by atoms with Crippen molar-refractivity contribution in [2.24, 2.45) is 0 Å². The molecule has 0 aliphatic carbocycles. The number of hydrogen-bond donors (Lipinski definition) is 4. The van der Waals surface area contributed by atoms with Gasteiger partial charge in [0.15, 0.2) is 0 Å². The van der Waals surface area contributed by atoms with Gasteiger partial charge in [-0.2, -0.15) is 0 Å². The summed E-state index contributed by atoms with van der Waals surface area (Å²) >= 11 is 7.42. The van der Waals surface area contributed by atoms with Gasteiger partial charge in [0.05, 0.1) is 23.2 Å². The van der Waals surface area contributed by atoms with Crippen molar-refractivity contribution < 1.29 is 9.90 Å². The summed E-state index contributed by atoms with van der Waals surface area (Å²) in [6, 6.07) is 10.9. The average molecular weight is 461 g/mol. The van der Waals surface area contributed by atoms with Gasteiger partial charge in [-0.15, -0.1) is 11.3 Å². The molecule has 0 radical (unpaired) electrons. The van der Waals surface area contributed by atoms with Gasteiger partial charge in [0.2, 0.25) is 0 Å². The van der Waals surface area contributed by atoms with E-state index in [0.717, 1.165) is 46.1 Å². The summed E-state index contributed by atoms with van der Waals surface area (Å²) in [4.78, 5) is 21.8. The number of aryl methyl sites for hydroxylation is 1. The van der Waals surface area contributed by atoms with Crippen molar-refractivity contribution in [1.29, 1.82) is 0 Å². The van der Waals surface area contributed by atoms with Gasteiger partial charge >= 0.3 is 0 Å². The molecule has 2 heterocycles. The maximum atomic E-state index is 13.1. The van der Waals surface area contributed by atoms with Crippen LogP contribution in [0.3, 0.4) is 0 Å². The molecule has 1 aromatic carbocycles. The SMILES string of the molecule is CCCCC(NC)C(NC(=O)c1ccc(-c2ccc(Cl)cc2)[nH]1)c1nc(C)c(CO)s1. The zero-order valence-corrected chi connectivity index (χ0v) is 19.6. The van der Waals surface area contributed by atoms with Crippen LogP contribution in [0.1, 0.15) is 58.3 Å². The molecule has 0 bridgehead atoms. The van der Waals surface area contributed by atoms with Crippen molar-refractivity contribution in [3.8, 4) is 11.3 Å². The lowest BCUT2D eigenvalue weighted by Gasteiger charge is -2.26. The second-order valence-corrected chi connectivity index (χ2v) is 9.05. The minimum Gasteiger partial charge on any atom is -0.391 e. The van der Waals surface area contributed by atoms with Gasteiger partial charge in [0.25, 0.3) is 5.91 Å². The number of aliphatic hydroxyl groups is 1. The Balaban J connectivity index is 1.84. The van der Waals surface area contributed by atoms with Crippen molar-refractivity contribution in [1.82, 2.24) is 20.6 Å². The molecule has 3 aromatic rings. The molecule has 2 atom stereocenters. The topological polar surface area (TPSA) is 90.0 Å². The number of unbranched alkanes of at least 4 members (excludes halogenated alkanes) is 1. The number of hydrogen-bond acceptors (Lipinski definition) is 5. The number of aromatic nitrogens is 2. The number of benzene rings is 1. The number of amides is 1. The van der Waals surface area contributed by atoms with Crippen molar-refractivity contribution >= 4 is 28.8 Å². The van der Waals surface area contributed by atoms with Gasteiger partial charge in [-0.25, -0.2) is 4.98 Å². The largest absolute Gasteiger partial charge is 0.391 e. The smallest absolute Gasteiger partial charge is 0.268 e. The number of aliphatic hydroxyl groups excluding tert-OH is 1. The van der Waals surface area contributed by atoms with Crippen LogP contribution in [0.4, 0.5) is 0 Å². The summed E-state index contributed by atoms with van der Waals surface area (Å²) in [6.45, 7) is 3.98. The number of carbonyl (C=O) groups excluding carboxylic acids is 1. The van der Waals surface area contributed by atoms with E-state index in [-0.39, 0.29) is 24.6 Å². The van der Waals surface area contributed by atoms with E-state index in [4.69, 9.17) is 11.6 Å². The second kappa shape index (κ2) is 10.9. The van der Waals surface area contributed by atoms with Crippen LogP contribution in [0.25, 0.3) is 11.3 Å². The number of likely N-dealkylation sites (N-methyl/N-ethyl adjacent to an activating group) is 1. The fraction of sp³-hybridized carbons (Fsp3) is 0.391. The highest BCUT2D eigenvalue weighted by Gasteiger charge is 2.28. The van der Waals surface area contributed by atoms with E-state index < -0.39 is 0 Å². The number of nitrogens with zero attached hydrogens (tertiary/aromatic N) is 1. The number of H-pyrrole nitrogens is 1. The van der Waals surface area contributed by atoms with Crippen LogP contribution < -0.4 is 10.6 Å². The van der Waals surface area contributed by atoms with E-state index in [9.17, 15) is 9.90 Å². The number of thiazole rings is 1. The number of nitrogens with one attached hydrogen (secondary N) is 3. The monoisotopic (exact) mass is 460 g/mol. The summed E-state index contributed by atoms with van der Waals surface area (Å²) in [5, 5.41) is 17.6. The maximum absolute atomic E-state index is 13.1. The summed E-state index contributed by atoms with van der Waals surface area (Å²) in [5.41, 5.74) is 3.09. The molecule has 2 unspecified atom stereocenters. The first-order chi connectivity index (χ1) is 15.0. The van der Waals surface area contributed by atoms with E-state index in [1.54, 1.807) is 6.07 Å². The molecule has 0 spiro atoms. The lowest BCUT2D eigenvalue weighted by atomic mass is 10.0. The van der Waals surface area contributed by atoms with E-state index in [1.807, 2.05) is 44.3 Å². The number of aromatic amines is 1.